The van der Waals surface area contributed by atoms with Gasteiger partial charge in [0.25, 0.3) is 0 Å². The molecular formula is C10H13BO4. The molecule has 0 fully saturated rings. The average molecular weight is 208 g/mol. The zero-order chi connectivity index (χ0) is 11.6. The summed E-state index contributed by atoms with van der Waals surface area (Å²) in [7, 11) is -1.51. The van der Waals surface area contributed by atoms with Gasteiger partial charge in [0, 0.05) is 0 Å². The van der Waals surface area contributed by atoms with Crippen LogP contribution in [-0.2, 0) is 11.2 Å². The van der Waals surface area contributed by atoms with Gasteiger partial charge in [0.05, 0.1) is 6.42 Å². The van der Waals surface area contributed by atoms with E-state index in [0.717, 1.165) is 16.7 Å². The lowest BCUT2D eigenvalue weighted by Crippen LogP contribution is -2.30. The maximum atomic E-state index is 10.6. The van der Waals surface area contributed by atoms with Crippen molar-refractivity contribution in [2.45, 2.75) is 20.3 Å². The van der Waals surface area contributed by atoms with Crippen molar-refractivity contribution in [3.8, 4) is 0 Å². The Kier molecular flexibility index (Phi) is 3.50. The Balaban J connectivity index is 3.15. The van der Waals surface area contributed by atoms with Crippen molar-refractivity contribution in [1.29, 1.82) is 0 Å². The molecule has 1 rings (SSSR count). The van der Waals surface area contributed by atoms with Gasteiger partial charge in [-0.1, -0.05) is 12.1 Å². The van der Waals surface area contributed by atoms with Crippen molar-refractivity contribution in [3.63, 3.8) is 0 Å². The summed E-state index contributed by atoms with van der Waals surface area (Å²) in [6.45, 7) is 3.52. The molecule has 0 bridgehead atoms. The molecule has 15 heavy (non-hydrogen) atoms. The standard InChI is InChI=1S/C10H13BO4/c1-6-3-8(11(14)15)4-7(2)9(6)5-10(12)13/h3-4,14-15H,5H2,1-2H3,(H,12,13). The Morgan fingerprint density at radius 1 is 1.27 bits per heavy atom. The zero-order valence-corrected chi connectivity index (χ0v) is 8.69. The van der Waals surface area contributed by atoms with E-state index in [1.54, 1.807) is 26.0 Å². The molecule has 0 heterocycles. The minimum absolute atomic E-state index is 0.0422. The van der Waals surface area contributed by atoms with Gasteiger partial charge in [-0.15, -0.1) is 0 Å². The van der Waals surface area contributed by atoms with Gasteiger partial charge in [0.15, 0.2) is 0 Å². The van der Waals surface area contributed by atoms with Crippen molar-refractivity contribution < 1.29 is 19.9 Å². The maximum absolute atomic E-state index is 10.6. The molecule has 0 atom stereocenters. The third kappa shape index (κ3) is 2.81. The Morgan fingerprint density at radius 3 is 2.07 bits per heavy atom. The van der Waals surface area contributed by atoms with E-state index in [0.29, 0.717) is 5.46 Å². The fourth-order valence-corrected chi connectivity index (χ4v) is 1.61. The quantitative estimate of drug-likeness (QED) is 0.591. The first-order valence-corrected chi connectivity index (χ1v) is 4.59. The van der Waals surface area contributed by atoms with Gasteiger partial charge in [0.1, 0.15) is 0 Å². The van der Waals surface area contributed by atoms with Crippen molar-refractivity contribution in [2.75, 3.05) is 0 Å². The summed E-state index contributed by atoms with van der Waals surface area (Å²) in [6.07, 6.45) is -0.0422. The third-order valence-corrected chi connectivity index (χ3v) is 2.34. The van der Waals surface area contributed by atoms with Crippen LogP contribution in [0.4, 0.5) is 0 Å². The first-order valence-electron chi connectivity index (χ1n) is 4.59. The van der Waals surface area contributed by atoms with Gasteiger partial charge in [-0.2, -0.15) is 0 Å². The molecule has 5 heteroatoms. The average Bonchev–Trinajstić information content (AvgIpc) is 2.10. The molecule has 0 amide bonds. The van der Waals surface area contributed by atoms with E-state index in [-0.39, 0.29) is 6.42 Å². The first-order chi connectivity index (χ1) is 6.91. The highest BCUT2D eigenvalue weighted by Crippen LogP contribution is 2.13. The molecule has 3 N–H and O–H groups in total. The predicted octanol–water partition coefficient (Wildman–Crippen LogP) is -0.390. The molecule has 0 aliphatic heterocycles. The van der Waals surface area contributed by atoms with E-state index in [1.807, 2.05) is 0 Å². The number of carbonyl (C=O) groups is 1. The zero-order valence-electron chi connectivity index (χ0n) is 8.69. The minimum atomic E-state index is -1.51. The number of carboxylic acids is 1. The van der Waals surface area contributed by atoms with E-state index in [4.69, 9.17) is 15.2 Å². The smallest absolute Gasteiger partial charge is 0.481 e. The van der Waals surface area contributed by atoms with Crippen LogP contribution in [0, 0.1) is 13.8 Å². The number of benzene rings is 1. The van der Waals surface area contributed by atoms with Crippen LogP contribution >= 0.6 is 0 Å². The molecule has 1 aromatic rings. The maximum Gasteiger partial charge on any atom is 0.488 e. The first kappa shape index (κ1) is 11.7. The van der Waals surface area contributed by atoms with E-state index < -0.39 is 13.1 Å². The monoisotopic (exact) mass is 208 g/mol. The molecule has 0 unspecified atom stereocenters. The fraction of sp³-hybridized carbons (Fsp3) is 0.300. The van der Waals surface area contributed by atoms with Crippen molar-refractivity contribution in [2.24, 2.45) is 0 Å². The topological polar surface area (TPSA) is 77.8 Å². The fourth-order valence-electron chi connectivity index (χ4n) is 1.61. The van der Waals surface area contributed by atoms with Crippen molar-refractivity contribution in [3.05, 3.63) is 28.8 Å². The number of aryl methyl sites for hydroxylation is 2. The van der Waals surface area contributed by atoms with Crippen LogP contribution in [0.25, 0.3) is 0 Å². The predicted molar refractivity (Wildman–Crippen MR) is 57.1 cm³/mol. The number of rotatable bonds is 3. The van der Waals surface area contributed by atoms with E-state index >= 15 is 0 Å². The summed E-state index contributed by atoms with van der Waals surface area (Å²) in [5.41, 5.74) is 2.65. The summed E-state index contributed by atoms with van der Waals surface area (Å²) in [5.74, 6) is -0.890. The summed E-state index contributed by atoms with van der Waals surface area (Å²) in [5, 5.41) is 26.7. The van der Waals surface area contributed by atoms with Gasteiger partial charge in [0.2, 0.25) is 0 Å². The second-order valence-corrected chi connectivity index (χ2v) is 3.58. The van der Waals surface area contributed by atoms with Crippen LogP contribution in [0.2, 0.25) is 0 Å². The number of carboxylic acid groups (broad SMARTS) is 1. The lowest BCUT2D eigenvalue weighted by molar-refractivity contribution is -0.136. The van der Waals surface area contributed by atoms with Gasteiger partial charge in [-0.3, -0.25) is 4.79 Å². The molecule has 0 aliphatic carbocycles. The van der Waals surface area contributed by atoms with Crippen LogP contribution in [0.3, 0.4) is 0 Å². The Hall–Kier alpha value is -1.33. The van der Waals surface area contributed by atoms with Gasteiger partial charge >= 0.3 is 13.1 Å². The Morgan fingerprint density at radius 2 is 1.73 bits per heavy atom. The molecule has 0 aliphatic rings. The highest BCUT2D eigenvalue weighted by Gasteiger charge is 2.15. The molecule has 80 valence electrons. The Labute approximate surface area is 88.3 Å². The Bertz CT molecular complexity index is 364. The van der Waals surface area contributed by atoms with Crippen molar-refractivity contribution >= 4 is 18.6 Å². The summed E-state index contributed by atoms with van der Waals surface area (Å²) in [6, 6.07) is 3.19. The summed E-state index contributed by atoms with van der Waals surface area (Å²) < 4.78 is 0. The molecule has 0 saturated heterocycles. The molecule has 0 saturated carbocycles. The minimum Gasteiger partial charge on any atom is -0.481 e. The molecule has 1 aromatic carbocycles. The van der Waals surface area contributed by atoms with Crippen LogP contribution in [0.5, 0.6) is 0 Å². The normalized spacial score (nSPS) is 10.1. The second kappa shape index (κ2) is 4.46. The second-order valence-electron chi connectivity index (χ2n) is 3.58. The van der Waals surface area contributed by atoms with Gasteiger partial charge in [-0.25, -0.2) is 0 Å². The summed E-state index contributed by atoms with van der Waals surface area (Å²) in [4.78, 5) is 10.6. The molecular weight excluding hydrogens is 195 g/mol. The highest BCUT2D eigenvalue weighted by molar-refractivity contribution is 6.58. The molecule has 0 spiro atoms. The van der Waals surface area contributed by atoms with E-state index in [1.165, 1.54) is 0 Å². The largest absolute Gasteiger partial charge is 0.488 e. The molecule has 0 aromatic heterocycles. The number of hydrogen-bond donors (Lipinski definition) is 3. The molecule has 0 radical (unpaired) electrons. The van der Waals surface area contributed by atoms with Crippen LogP contribution in [-0.4, -0.2) is 28.2 Å². The van der Waals surface area contributed by atoms with Crippen molar-refractivity contribution in [1.82, 2.24) is 0 Å². The van der Waals surface area contributed by atoms with E-state index in [9.17, 15) is 4.79 Å². The van der Waals surface area contributed by atoms with Gasteiger partial charge in [-0.05, 0) is 36.0 Å². The number of hydrogen-bond acceptors (Lipinski definition) is 3. The SMILES string of the molecule is Cc1cc(B(O)O)cc(C)c1CC(=O)O. The highest BCUT2D eigenvalue weighted by atomic mass is 16.4. The molecule has 4 nitrogen and oxygen atoms in total. The van der Waals surface area contributed by atoms with E-state index in [2.05, 4.69) is 0 Å². The lowest BCUT2D eigenvalue weighted by atomic mass is 9.77. The van der Waals surface area contributed by atoms with Crippen LogP contribution < -0.4 is 5.46 Å². The number of aliphatic carboxylic acids is 1. The van der Waals surface area contributed by atoms with Crippen LogP contribution in [0.15, 0.2) is 12.1 Å². The van der Waals surface area contributed by atoms with Crippen LogP contribution in [0.1, 0.15) is 16.7 Å². The summed E-state index contributed by atoms with van der Waals surface area (Å²) >= 11 is 0. The van der Waals surface area contributed by atoms with Gasteiger partial charge < -0.3 is 15.2 Å². The third-order valence-electron chi connectivity index (χ3n) is 2.34. The lowest BCUT2D eigenvalue weighted by Gasteiger charge is -2.10.